The highest BCUT2D eigenvalue weighted by Gasteiger charge is 2.45. The number of nitrogens with one attached hydrogen (secondary N) is 3. The van der Waals surface area contributed by atoms with Crippen LogP contribution in [0.25, 0.3) is 0 Å². The summed E-state index contributed by atoms with van der Waals surface area (Å²) in [6, 6.07) is 6.38. The summed E-state index contributed by atoms with van der Waals surface area (Å²) in [4.78, 5) is 45.6. The van der Waals surface area contributed by atoms with Crippen molar-refractivity contribution in [1.82, 2.24) is 25.8 Å². The Kier molecular flexibility index (Phi) is 9.07. The molecule has 0 bridgehead atoms. The minimum atomic E-state index is -0.606. The number of fused-ring (bicyclic) bond motifs is 2. The number of ether oxygens (including phenoxy) is 1. The molecule has 5 rings (SSSR count). The number of benzene rings is 1. The maximum absolute atomic E-state index is 14.4. The van der Waals surface area contributed by atoms with Crippen LogP contribution in [0.1, 0.15) is 76.8 Å². The van der Waals surface area contributed by atoms with Gasteiger partial charge in [-0.1, -0.05) is 44.4 Å². The molecule has 4 aliphatic rings. The first-order valence-electron chi connectivity index (χ1n) is 15.1. The number of likely N-dealkylation sites (N-methyl/N-ethyl adjacent to an activating group) is 1. The third kappa shape index (κ3) is 6.24. The predicted molar refractivity (Wildman–Crippen MR) is 149 cm³/mol. The number of hydrogen-bond donors (Lipinski definition) is 3. The summed E-state index contributed by atoms with van der Waals surface area (Å²) in [5.41, 5.74) is 0.981. The first-order valence-corrected chi connectivity index (χ1v) is 15.1. The summed E-state index contributed by atoms with van der Waals surface area (Å²) in [6.45, 7) is 7.05. The lowest BCUT2D eigenvalue weighted by Gasteiger charge is -2.45. The van der Waals surface area contributed by atoms with Gasteiger partial charge in [0.25, 0.3) is 0 Å². The van der Waals surface area contributed by atoms with Gasteiger partial charge in [-0.3, -0.25) is 19.3 Å². The monoisotopic (exact) mass is 539 g/mol. The van der Waals surface area contributed by atoms with Crippen molar-refractivity contribution in [1.29, 1.82) is 0 Å². The average Bonchev–Trinajstić information content (AvgIpc) is 3.43. The molecule has 3 amide bonds. The van der Waals surface area contributed by atoms with Crippen LogP contribution in [0.4, 0.5) is 0 Å². The van der Waals surface area contributed by atoms with E-state index in [0.29, 0.717) is 32.7 Å². The fourth-order valence-corrected chi connectivity index (χ4v) is 6.95. The van der Waals surface area contributed by atoms with E-state index < -0.39 is 12.1 Å². The molecule has 39 heavy (non-hydrogen) atoms. The number of hydrogen-bond acceptors (Lipinski definition) is 6. The van der Waals surface area contributed by atoms with Crippen LogP contribution in [0.5, 0.6) is 5.75 Å². The van der Waals surface area contributed by atoms with Crippen LogP contribution < -0.4 is 20.7 Å². The van der Waals surface area contributed by atoms with Crippen LogP contribution in [0, 0.1) is 5.92 Å². The second kappa shape index (κ2) is 12.7. The number of piperazine rings is 1. The topological polar surface area (TPSA) is 103 Å². The third-order valence-electron chi connectivity index (χ3n) is 9.14. The molecule has 1 unspecified atom stereocenters. The Morgan fingerprint density at radius 3 is 2.62 bits per heavy atom. The van der Waals surface area contributed by atoms with Gasteiger partial charge in [0.1, 0.15) is 17.8 Å². The Hall–Kier alpha value is -2.65. The molecule has 0 spiro atoms. The van der Waals surface area contributed by atoms with E-state index in [4.69, 9.17) is 4.74 Å². The Labute approximate surface area is 232 Å². The van der Waals surface area contributed by atoms with Gasteiger partial charge in [-0.05, 0) is 57.7 Å². The minimum absolute atomic E-state index is 0.0942. The summed E-state index contributed by atoms with van der Waals surface area (Å²) in [5.74, 6) is 0.528. The summed E-state index contributed by atoms with van der Waals surface area (Å²) in [7, 11) is 0. The highest BCUT2D eigenvalue weighted by Crippen LogP contribution is 2.33. The normalized spacial score (nSPS) is 27.0. The number of amides is 3. The number of rotatable bonds is 8. The zero-order chi connectivity index (χ0) is 27.4. The van der Waals surface area contributed by atoms with Crippen LogP contribution in [0.3, 0.4) is 0 Å². The molecule has 0 radical (unpaired) electrons. The zero-order valence-electron chi connectivity index (χ0n) is 23.5. The van der Waals surface area contributed by atoms with Crippen LogP contribution in [0.15, 0.2) is 24.3 Å². The van der Waals surface area contributed by atoms with Gasteiger partial charge < -0.3 is 25.6 Å². The second-order valence-electron chi connectivity index (χ2n) is 11.7. The Balaban J connectivity index is 1.38. The highest BCUT2D eigenvalue weighted by molar-refractivity contribution is 5.93. The largest absolute Gasteiger partial charge is 0.493 e. The Morgan fingerprint density at radius 1 is 1.03 bits per heavy atom. The van der Waals surface area contributed by atoms with E-state index in [1.165, 1.54) is 0 Å². The Bertz CT molecular complexity index is 1030. The molecule has 1 aromatic carbocycles. The van der Waals surface area contributed by atoms with Crippen LogP contribution in [-0.4, -0.2) is 84.5 Å². The molecule has 3 aliphatic heterocycles. The SMILES string of the molecule is CCN[C@@H](C)C(=O)N[C@H](C(=O)N1C[C@H]2CCCN2CC1C(=O)N[C@@H]1CCOc2ccccc21)C1CCCCC1. The molecule has 9 heteroatoms. The van der Waals surface area contributed by atoms with Gasteiger partial charge in [0.05, 0.1) is 18.7 Å². The van der Waals surface area contributed by atoms with Crippen molar-refractivity contribution in [3.8, 4) is 5.75 Å². The van der Waals surface area contributed by atoms with E-state index in [-0.39, 0.29) is 41.8 Å². The van der Waals surface area contributed by atoms with Crippen molar-refractivity contribution >= 4 is 17.7 Å². The van der Waals surface area contributed by atoms with Crippen molar-refractivity contribution in [3.05, 3.63) is 29.8 Å². The summed E-state index contributed by atoms with van der Waals surface area (Å²) in [6.07, 6.45) is 7.95. The summed E-state index contributed by atoms with van der Waals surface area (Å²) < 4.78 is 5.80. The number of carbonyl (C=O) groups excluding carboxylic acids is 3. The molecule has 2 saturated heterocycles. The lowest BCUT2D eigenvalue weighted by molar-refractivity contribution is -0.149. The van der Waals surface area contributed by atoms with Gasteiger partial charge in [0.15, 0.2) is 0 Å². The number of para-hydroxylation sites is 1. The fraction of sp³-hybridized carbons (Fsp3) is 0.700. The fourth-order valence-electron chi connectivity index (χ4n) is 6.95. The molecule has 3 fully saturated rings. The zero-order valence-corrected chi connectivity index (χ0v) is 23.5. The molecule has 3 heterocycles. The highest BCUT2D eigenvalue weighted by atomic mass is 16.5. The second-order valence-corrected chi connectivity index (χ2v) is 11.7. The molecular weight excluding hydrogens is 494 g/mol. The van der Waals surface area contributed by atoms with Crippen LogP contribution in [-0.2, 0) is 14.4 Å². The van der Waals surface area contributed by atoms with Gasteiger partial charge in [0, 0.05) is 31.1 Å². The van der Waals surface area contributed by atoms with Crippen LogP contribution in [0.2, 0.25) is 0 Å². The molecule has 5 atom stereocenters. The van der Waals surface area contributed by atoms with E-state index in [2.05, 4.69) is 20.9 Å². The van der Waals surface area contributed by atoms with E-state index in [1.807, 2.05) is 43.0 Å². The Morgan fingerprint density at radius 2 is 1.82 bits per heavy atom. The van der Waals surface area contributed by atoms with Gasteiger partial charge >= 0.3 is 0 Å². The minimum Gasteiger partial charge on any atom is -0.493 e. The summed E-state index contributed by atoms with van der Waals surface area (Å²) in [5, 5.41) is 9.56. The molecular formula is C30H45N5O4. The van der Waals surface area contributed by atoms with Crippen molar-refractivity contribution < 1.29 is 19.1 Å². The molecule has 1 aromatic rings. The van der Waals surface area contributed by atoms with Crippen molar-refractivity contribution in [2.45, 2.75) is 95.4 Å². The average molecular weight is 540 g/mol. The third-order valence-corrected chi connectivity index (χ3v) is 9.14. The first kappa shape index (κ1) is 27.9. The van der Waals surface area contributed by atoms with Gasteiger partial charge in [-0.25, -0.2) is 0 Å². The molecule has 0 aromatic heterocycles. The van der Waals surface area contributed by atoms with E-state index in [1.54, 1.807) is 0 Å². The van der Waals surface area contributed by atoms with Gasteiger partial charge in [0.2, 0.25) is 17.7 Å². The molecule has 214 valence electrons. The van der Waals surface area contributed by atoms with E-state index in [0.717, 1.165) is 62.8 Å². The van der Waals surface area contributed by atoms with Crippen molar-refractivity contribution in [3.63, 3.8) is 0 Å². The maximum atomic E-state index is 14.4. The molecule has 1 saturated carbocycles. The lowest BCUT2D eigenvalue weighted by Crippen LogP contribution is -2.66. The quantitative estimate of drug-likeness (QED) is 0.469. The van der Waals surface area contributed by atoms with Crippen molar-refractivity contribution in [2.24, 2.45) is 5.92 Å². The van der Waals surface area contributed by atoms with E-state index >= 15 is 0 Å². The number of nitrogens with zero attached hydrogens (tertiary/aromatic N) is 2. The van der Waals surface area contributed by atoms with Crippen molar-refractivity contribution in [2.75, 3.05) is 32.8 Å². The van der Waals surface area contributed by atoms with Gasteiger partial charge in [-0.2, -0.15) is 0 Å². The molecule has 1 aliphatic carbocycles. The first-order chi connectivity index (χ1) is 19.0. The standard InChI is InChI=1S/C30H45N5O4/c1-3-31-20(2)28(36)33-27(21-10-5-4-6-11-21)30(38)35-18-22-12-9-16-34(22)19-25(35)29(37)32-24-15-17-39-26-14-8-7-13-23(24)26/h7-8,13-14,20-22,24-25,27,31H,3-6,9-12,15-19H2,1-2H3,(H,32,37)(H,33,36)/t20-,22+,24+,25?,27-/m0/s1. The number of carbonyl (C=O) groups is 3. The predicted octanol–water partition coefficient (Wildman–Crippen LogP) is 2.36. The maximum Gasteiger partial charge on any atom is 0.246 e. The van der Waals surface area contributed by atoms with Crippen LogP contribution >= 0.6 is 0 Å². The van der Waals surface area contributed by atoms with E-state index in [9.17, 15) is 14.4 Å². The molecule has 9 nitrogen and oxygen atoms in total. The van der Waals surface area contributed by atoms with Gasteiger partial charge in [-0.15, -0.1) is 0 Å². The summed E-state index contributed by atoms with van der Waals surface area (Å²) >= 11 is 0. The lowest BCUT2D eigenvalue weighted by atomic mass is 9.82. The smallest absolute Gasteiger partial charge is 0.246 e. The molecule has 3 N–H and O–H groups in total.